The molecule has 8 nitrogen and oxygen atoms in total. The first-order chi connectivity index (χ1) is 18.9. The fraction of sp³-hybridized carbons (Fsp3) is 0.462. The van der Waals surface area contributed by atoms with Crippen molar-refractivity contribution in [1.29, 1.82) is 0 Å². The first kappa shape index (κ1) is 36.8. The maximum Gasteiger partial charge on any atom is 0.320 e. The number of methoxy groups -OCH3 is 2. The summed E-state index contributed by atoms with van der Waals surface area (Å²) in [6, 6.07) is 15.0. The third-order valence-corrected chi connectivity index (χ3v) is 11.7. The van der Waals surface area contributed by atoms with E-state index in [0.29, 0.717) is 0 Å². The lowest BCUT2D eigenvalue weighted by atomic mass is 9.92. The zero-order valence-corrected chi connectivity index (χ0v) is 27.9. The molecule has 2 aromatic rings. The molecule has 0 saturated heterocycles. The van der Waals surface area contributed by atoms with Crippen LogP contribution in [0.5, 0.6) is 11.5 Å². The van der Waals surface area contributed by atoms with Crippen LogP contribution in [0.25, 0.3) is 0 Å². The summed E-state index contributed by atoms with van der Waals surface area (Å²) >= 11 is 24.7. The van der Waals surface area contributed by atoms with Crippen molar-refractivity contribution >= 4 is 75.6 Å². The Balaban J connectivity index is 0.000000403. The molecular formula is C26H34Cl3O8PS2. The predicted octanol–water partition coefficient (Wildman–Crippen LogP) is 7.33. The Kier molecular flexibility index (Phi) is 16.9. The summed E-state index contributed by atoms with van der Waals surface area (Å²) in [5, 5.41) is -0.787. The second-order valence-electron chi connectivity index (χ2n) is 7.69. The number of alkyl halides is 3. The molecule has 0 radical (unpaired) electrons. The van der Waals surface area contributed by atoms with Crippen LogP contribution in [-0.2, 0) is 39.9 Å². The van der Waals surface area contributed by atoms with Gasteiger partial charge in [-0.1, -0.05) is 70.5 Å². The fourth-order valence-corrected chi connectivity index (χ4v) is 7.87. The minimum Gasteiger partial charge on any atom is -0.497 e. The Morgan fingerprint density at radius 1 is 0.825 bits per heavy atom. The highest BCUT2D eigenvalue weighted by Gasteiger charge is 2.35. The van der Waals surface area contributed by atoms with E-state index in [1.54, 1.807) is 28.1 Å². The van der Waals surface area contributed by atoms with Crippen LogP contribution in [0.1, 0.15) is 37.3 Å². The predicted molar refractivity (Wildman–Crippen MR) is 166 cm³/mol. The maximum absolute atomic E-state index is 11.8. The molecule has 0 fully saturated rings. The Morgan fingerprint density at radius 3 is 1.57 bits per heavy atom. The molecule has 2 rings (SSSR count). The second-order valence-corrected chi connectivity index (χ2v) is 16.7. The van der Waals surface area contributed by atoms with Gasteiger partial charge in [-0.25, -0.2) is 0 Å². The second kappa shape index (κ2) is 18.3. The molecule has 0 aliphatic carbocycles. The van der Waals surface area contributed by atoms with Crippen LogP contribution in [0.4, 0.5) is 0 Å². The first-order valence-electron chi connectivity index (χ1n) is 11.9. The van der Waals surface area contributed by atoms with Gasteiger partial charge < -0.3 is 28.0 Å². The Bertz CT molecular complexity index is 1040. The number of hydrogen-bond acceptors (Lipinski definition) is 10. The lowest BCUT2D eigenvalue weighted by Crippen LogP contribution is -2.24. The zero-order valence-electron chi connectivity index (χ0n) is 23.1. The van der Waals surface area contributed by atoms with Crippen LogP contribution in [0.2, 0.25) is 0 Å². The van der Waals surface area contributed by atoms with Crippen molar-refractivity contribution in [3.05, 3.63) is 59.7 Å². The van der Waals surface area contributed by atoms with Gasteiger partial charge in [0.25, 0.3) is 0 Å². The monoisotopic (exact) mass is 674 g/mol. The normalized spacial score (nSPS) is 12.2. The topological polar surface area (TPSA) is 89.5 Å². The van der Waals surface area contributed by atoms with Gasteiger partial charge in [0, 0.05) is 14.2 Å². The van der Waals surface area contributed by atoms with Gasteiger partial charge >= 0.3 is 11.9 Å². The van der Waals surface area contributed by atoms with Gasteiger partial charge in [0.1, 0.15) is 16.7 Å². The molecule has 0 bridgehead atoms. The molecular weight excluding hydrogens is 642 g/mol. The third-order valence-electron chi connectivity index (χ3n) is 5.14. The molecule has 1 atom stereocenters. The van der Waals surface area contributed by atoms with Crippen LogP contribution in [0, 0.1) is 0 Å². The van der Waals surface area contributed by atoms with Crippen molar-refractivity contribution < 1.29 is 37.6 Å². The first-order valence-corrected chi connectivity index (χ1v) is 17.2. The molecule has 0 aromatic heterocycles. The quantitative estimate of drug-likeness (QED) is 0.122. The lowest BCUT2D eigenvalue weighted by molar-refractivity contribution is -0.149. The Labute approximate surface area is 260 Å². The summed E-state index contributed by atoms with van der Waals surface area (Å²) in [6.45, 7) is 3.86. The molecule has 224 valence electrons. The van der Waals surface area contributed by atoms with Gasteiger partial charge in [-0.3, -0.25) is 9.59 Å². The van der Waals surface area contributed by atoms with Crippen LogP contribution in [0.3, 0.4) is 0 Å². The summed E-state index contributed by atoms with van der Waals surface area (Å²) < 4.78 is 28.8. The molecule has 0 heterocycles. The van der Waals surface area contributed by atoms with Gasteiger partial charge in [-0.2, -0.15) is 0 Å². The highest BCUT2D eigenvalue weighted by molar-refractivity contribution is 8.68. The van der Waals surface area contributed by atoms with E-state index in [0.717, 1.165) is 34.0 Å². The number of esters is 2. The molecule has 0 saturated carbocycles. The summed E-state index contributed by atoms with van der Waals surface area (Å²) in [7, 11) is 6.05. The minimum atomic E-state index is -2.65. The van der Waals surface area contributed by atoms with Crippen molar-refractivity contribution in [2.24, 2.45) is 0 Å². The number of halogens is 3. The lowest BCUT2D eigenvalue weighted by Gasteiger charge is -2.25. The van der Waals surface area contributed by atoms with Crippen molar-refractivity contribution in [2.75, 3.05) is 41.7 Å². The van der Waals surface area contributed by atoms with Gasteiger partial charge in [-0.05, 0) is 61.0 Å². The number of benzene rings is 2. The maximum atomic E-state index is 11.8. The minimum absolute atomic E-state index is 0.123. The molecule has 0 spiro atoms. The standard InChI is InChI=1S/C16H15Cl3O2.C10H19O6PS2/c1-20-13-7-3-11(4-8-13)15(16(17,18)19)12-5-9-14(21-2)10-6-12;1-5-15-9(11)7-8(10(12)16-6-2)19-17(18,13-3)14-4/h3-10,15H,1-2H3;8H,5-7H2,1-4H3. The number of ether oxygens (including phenoxy) is 4. The van der Waals surface area contributed by atoms with Crippen LogP contribution in [-0.4, -0.2) is 62.6 Å². The van der Waals surface area contributed by atoms with E-state index < -0.39 is 26.7 Å². The van der Waals surface area contributed by atoms with Gasteiger partial charge in [0.2, 0.25) is 9.49 Å². The molecule has 2 aromatic carbocycles. The van der Waals surface area contributed by atoms with E-state index in [1.165, 1.54) is 14.2 Å². The van der Waals surface area contributed by atoms with Crippen molar-refractivity contribution in [2.45, 2.75) is 35.2 Å². The molecule has 40 heavy (non-hydrogen) atoms. The van der Waals surface area contributed by atoms with E-state index in [-0.39, 0.29) is 25.6 Å². The summed E-state index contributed by atoms with van der Waals surface area (Å²) in [5.74, 6) is 0.137. The average molecular weight is 676 g/mol. The van der Waals surface area contributed by atoms with E-state index in [2.05, 4.69) is 0 Å². The van der Waals surface area contributed by atoms with Crippen LogP contribution >= 0.6 is 51.9 Å². The molecule has 0 aliphatic rings. The Hall–Kier alpha value is -1.23. The van der Waals surface area contributed by atoms with Crippen LogP contribution in [0.15, 0.2) is 48.5 Å². The van der Waals surface area contributed by atoms with Crippen LogP contribution < -0.4 is 9.47 Å². The molecule has 0 aliphatic heterocycles. The van der Waals surface area contributed by atoms with Crippen molar-refractivity contribution in [3.8, 4) is 11.5 Å². The molecule has 0 N–H and O–H groups in total. The molecule has 1 unspecified atom stereocenters. The summed E-state index contributed by atoms with van der Waals surface area (Å²) in [4.78, 5) is 23.3. The SMILES string of the molecule is CCOC(=O)CC(SP(=S)(OC)OC)C(=O)OCC.COc1ccc(C(c2ccc(OC)cc2)C(Cl)(Cl)Cl)cc1. The number of carbonyl (C=O) groups is 2. The van der Waals surface area contributed by atoms with E-state index in [1.807, 2.05) is 48.5 Å². The summed E-state index contributed by atoms with van der Waals surface area (Å²) in [6.07, 6.45) is -0.123. The third kappa shape index (κ3) is 12.3. The van der Waals surface area contributed by atoms with Gasteiger partial charge in [-0.15, -0.1) is 0 Å². The van der Waals surface area contributed by atoms with Crippen molar-refractivity contribution in [1.82, 2.24) is 0 Å². The average Bonchev–Trinajstić information content (AvgIpc) is 2.93. The number of carbonyl (C=O) groups excluding carboxylic acids is 2. The van der Waals surface area contributed by atoms with Gasteiger partial charge in [0.15, 0.2) is 0 Å². The zero-order chi connectivity index (χ0) is 30.3. The van der Waals surface area contributed by atoms with Gasteiger partial charge in [0.05, 0.1) is 39.8 Å². The highest BCUT2D eigenvalue weighted by Crippen LogP contribution is 2.62. The van der Waals surface area contributed by atoms with Crippen molar-refractivity contribution in [3.63, 3.8) is 0 Å². The summed E-state index contributed by atoms with van der Waals surface area (Å²) in [5.41, 5.74) is -0.841. The largest absolute Gasteiger partial charge is 0.497 e. The van der Waals surface area contributed by atoms with E-state index in [9.17, 15) is 9.59 Å². The number of rotatable bonds is 13. The molecule has 14 heteroatoms. The fourth-order valence-electron chi connectivity index (χ4n) is 3.25. The smallest absolute Gasteiger partial charge is 0.320 e. The molecule has 0 amide bonds. The Morgan fingerprint density at radius 2 is 1.25 bits per heavy atom. The number of hydrogen-bond donors (Lipinski definition) is 0. The van der Waals surface area contributed by atoms with E-state index >= 15 is 0 Å². The van der Waals surface area contributed by atoms with E-state index in [4.69, 9.17) is 74.6 Å². The highest BCUT2D eigenvalue weighted by atomic mass is 35.6.